The summed E-state index contributed by atoms with van der Waals surface area (Å²) in [6, 6.07) is 0. The Labute approximate surface area is 446 Å². The molecule has 2 rings (SSSR count). The lowest BCUT2D eigenvalue weighted by Gasteiger charge is -2.47. The minimum Gasteiger partial charge on any atom is -0.459 e. The minimum absolute atomic E-state index is 0.0200. The number of aliphatic hydroxyl groups excluding tert-OH is 1. The second-order valence-electron chi connectivity index (χ2n) is 21.1. The standard InChI is InChI=1S/C50H93NO10.3C3H8.C2H6/c1-8-13-16-19-22-25-34-56-43(52)28-29-44(53)60-49(7)38-42-37-48(6,32-33-50(39-42,41-49)61-46(55)40-51(11-4)12-5)59-45(54)30-31-47(57-35-26-23-20-17-14-9-2)58-36-27-24-21-18-15-10-3;3*1-3-2;1-2/h42-43,47,52H,8-41H2,1-7H3;3*3H2,1-2H3;1-2H3. The van der Waals surface area contributed by atoms with Crippen LogP contribution in [0.4, 0.5) is 0 Å². The summed E-state index contributed by atoms with van der Waals surface area (Å²) >= 11 is 0. The van der Waals surface area contributed by atoms with Crippen molar-refractivity contribution in [2.24, 2.45) is 5.92 Å². The number of carbonyl (C=O) groups excluding carboxylic acids is 3. The summed E-state index contributed by atoms with van der Waals surface area (Å²) < 4.78 is 37.0. The predicted molar refractivity (Wildman–Crippen MR) is 302 cm³/mol. The second kappa shape index (κ2) is 50.1. The van der Waals surface area contributed by atoms with Crippen molar-refractivity contribution < 1.29 is 47.9 Å². The van der Waals surface area contributed by atoms with Crippen molar-refractivity contribution in [2.75, 3.05) is 39.5 Å². The van der Waals surface area contributed by atoms with Crippen LogP contribution in [0.25, 0.3) is 0 Å². The highest BCUT2D eigenvalue weighted by Gasteiger charge is 2.55. The maximum absolute atomic E-state index is 13.6. The van der Waals surface area contributed by atoms with Crippen molar-refractivity contribution in [1.29, 1.82) is 0 Å². The first-order valence-corrected chi connectivity index (χ1v) is 30.5. The van der Waals surface area contributed by atoms with Crippen molar-refractivity contribution in [1.82, 2.24) is 4.90 Å². The first-order valence-electron chi connectivity index (χ1n) is 30.5. The summed E-state index contributed by atoms with van der Waals surface area (Å²) in [5.74, 6) is -1.01. The molecule has 0 heterocycles. The van der Waals surface area contributed by atoms with Gasteiger partial charge in [0.1, 0.15) is 16.8 Å². The number of carbonyl (C=O) groups is 3. The van der Waals surface area contributed by atoms with E-state index in [1.165, 1.54) is 89.9 Å². The average Bonchev–Trinajstić information content (AvgIpc) is 3.43. The SMILES string of the molecule is CC.CCC.CCC.CCC.CCCCCCCCOC(O)CCC(=O)OC1(C)CC2CC(C)(OC(=O)CCC(OCCCCCCCC)OCCCCCCCC)CCC(OC(=O)CN(CC)CC)(C2)C1. The third-order valence-corrected chi connectivity index (χ3v) is 12.8. The van der Waals surface area contributed by atoms with Gasteiger partial charge in [-0.1, -0.05) is 206 Å². The van der Waals surface area contributed by atoms with Gasteiger partial charge in [0.05, 0.1) is 19.4 Å². The fraction of sp³-hybridized carbons (Fsp3) is 0.951. The number of hydrogen-bond donors (Lipinski definition) is 1. The van der Waals surface area contributed by atoms with Gasteiger partial charge in [-0.15, -0.1) is 0 Å². The molecule has 0 aromatic rings. The number of rotatable bonds is 37. The van der Waals surface area contributed by atoms with Gasteiger partial charge in [-0.05, 0) is 84.2 Å². The number of likely N-dealkylation sites (N-methyl/N-ethyl adjacent to an activating group) is 1. The van der Waals surface area contributed by atoms with Crippen molar-refractivity contribution in [2.45, 2.75) is 332 Å². The minimum atomic E-state index is -1.03. The molecule has 0 aromatic heterocycles. The first kappa shape index (κ1) is 74.5. The Hall–Kier alpha value is -1.79. The van der Waals surface area contributed by atoms with Gasteiger partial charge in [0.25, 0.3) is 0 Å². The van der Waals surface area contributed by atoms with Crippen LogP contribution in [0.15, 0.2) is 0 Å². The van der Waals surface area contributed by atoms with Gasteiger partial charge in [-0.2, -0.15) is 0 Å². The van der Waals surface area contributed by atoms with Crippen LogP contribution in [0.5, 0.6) is 0 Å². The molecular formula is C61H123NO10. The monoisotopic (exact) mass is 1030 g/mol. The number of hydrogen-bond acceptors (Lipinski definition) is 11. The fourth-order valence-electron chi connectivity index (χ4n) is 9.50. The molecule has 2 saturated carbocycles. The van der Waals surface area contributed by atoms with Crippen LogP contribution < -0.4 is 0 Å². The van der Waals surface area contributed by atoms with Crippen LogP contribution in [0.1, 0.15) is 303 Å². The van der Waals surface area contributed by atoms with E-state index >= 15 is 0 Å². The summed E-state index contributed by atoms with van der Waals surface area (Å²) in [6.07, 6.45) is 27.1. The molecule has 2 fully saturated rings. The largest absolute Gasteiger partial charge is 0.459 e. The van der Waals surface area contributed by atoms with Crippen molar-refractivity contribution >= 4 is 17.9 Å². The number of unbranched alkanes of at least 4 members (excludes halogenated alkanes) is 15. The molecule has 5 atom stereocenters. The number of aliphatic hydroxyl groups is 1. The van der Waals surface area contributed by atoms with E-state index in [9.17, 15) is 19.5 Å². The quantitative estimate of drug-likeness (QED) is 0.0276. The van der Waals surface area contributed by atoms with Crippen LogP contribution in [0.3, 0.4) is 0 Å². The zero-order valence-corrected chi connectivity index (χ0v) is 50.5. The van der Waals surface area contributed by atoms with E-state index in [2.05, 4.69) is 62.3 Å². The third-order valence-electron chi connectivity index (χ3n) is 12.8. The van der Waals surface area contributed by atoms with E-state index < -0.39 is 35.4 Å². The normalized spacial score (nSPS) is 20.5. The number of ether oxygens (including phenoxy) is 6. The van der Waals surface area contributed by atoms with E-state index in [4.69, 9.17) is 28.4 Å². The molecule has 432 valence electrons. The topological polar surface area (TPSA) is 130 Å². The highest BCUT2D eigenvalue weighted by molar-refractivity contribution is 5.72. The van der Waals surface area contributed by atoms with Crippen LogP contribution in [-0.4, -0.2) is 96.8 Å². The van der Waals surface area contributed by atoms with Gasteiger partial charge < -0.3 is 33.5 Å². The highest BCUT2D eigenvalue weighted by atomic mass is 16.7. The van der Waals surface area contributed by atoms with E-state index in [-0.39, 0.29) is 43.7 Å². The molecule has 0 aliphatic heterocycles. The van der Waals surface area contributed by atoms with Crippen LogP contribution in [0, 0.1) is 5.92 Å². The summed E-state index contributed by atoms with van der Waals surface area (Å²) in [6.45, 7) is 34.7. The maximum Gasteiger partial charge on any atom is 0.320 e. The summed E-state index contributed by atoms with van der Waals surface area (Å²) in [4.78, 5) is 42.5. The van der Waals surface area contributed by atoms with Gasteiger partial charge in [-0.3, -0.25) is 19.3 Å². The molecule has 1 N–H and O–H groups in total. The molecule has 0 spiro atoms. The summed E-state index contributed by atoms with van der Waals surface area (Å²) in [7, 11) is 0. The molecule has 11 nitrogen and oxygen atoms in total. The first-order chi connectivity index (χ1) is 34.6. The van der Waals surface area contributed by atoms with Crippen molar-refractivity contribution in [3.8, 4) is 0 Å². The van der Waals surface area contributed by atoms with E-state index in [1.54, 1.807) is 0 Å². The third kappa shape index (κ3) is 41.5. The second-order valence-corrected chi connectivity index (χ2v) is 21.1. The molecule has 72 heavy (non-hydrogen) atoms. The van der Waals surface area contributed by atoms with E-state index in [1.807, 2.05) is 46.4 Å². The molecule has 0 aromatic carbocycles. The Morgan fingerprint density at radius 3 is 1.33 bits per heavy atom. The zero-order chi connectivity index (χ0) is 54.9. The number of nitrogens with zero attached hydrogens (tertiary/aromatic N) is 1. The zero-order valence-electron chi connectivity index (χ0n) is 50.5. The fourth-order valence-corrected chi connectivity index (χ4v) is 9.50. The lowest BCUT2D eigenvalue weighted by Crippen LogP contribution is -2.51. The number of esters is 3. The van der Waals surface area contributed by atoms with Gasteiger partial charge in [-0.25, -0.2) is 0 Å². The average molecular weight is 1030 g/mol. The Balaban J connectivity index is -0.00000396. The van der Waals surface area contributed by atoms with Gasteiger partial charge in [0.2, 0.25) is 0 Å². The van der Waals surface area contributed by atoms with Crippen LogP contribution >= 0.6 is 0 Å². The molecule has 0 saturated heterocycles. The molecule has 2 aliphatic rings. The van der Waals surface area contributed by atoms with Crippen molar-refractivity contribution in [3.05, 3.63) is 0 Å². The van der Waals surface area contributed by atoms with Crippen LogP contribution in [0.2, 0.25) is 0 Å². The molecule has 2 bridgehead atoms. The summed E-state index contributed by atoms with van der Waals surface area (Å²) in [5.41, 5.74) is -2.55. The van der Waals surface area contributed by atoms with Gasteiger partial charge in [0.15, 0.2) is 12.6 Å². The lowest BCUT2D eigenvalue weighted by atomic mass is 9.69. The van der Waals surface area contributed by atoms with Crippen molar-refractivity contribution in [3.63, 3.8) is 0 Å². The number of fused-ring (bicyclic) bond motifs is 2. The Morgan fingerprint density at radius 2 is 0.889 bits per heavy atom. The van der Waals surface area contributed by atoms with E-state index in [0.717, 1.165) is 58.0 Å². The lowest BCUT2D eigenvalue weighted by molar-refractivity contribution is -0.192. The molecule has 5 unspecified atom stereocenters. The maximum atomic E-state index is 13.6. The Kier molecular flexibility index (Phi) is 51.8. The van der Waals surface area contributed by atoms with E-state index in [0.29, 0.717) is 64.8 Å². The molecule has 0 radical (unpaired) electrons. The van der Waals surface area contributed by atoms with Gasteiger partial charge in [0, 0.05) is 39.1 Å². The van der Waals surface area contributed by atoms with Gasteiger partial charge >= 0.3 is 17.9 Å². The molecular weight excluding hydrogens is 907 g/mol. The highest BCUT2D eigenvalue weighted by Crippen LogP contribution is 2.52. The Bertz CT molecular complexity index is 1190. The molecule has 2 aliphatic carbocycles. The Morgan fingerprint density at radius 1 is 0.500 bits per heavy atom. The molecule has 0 amide bonds. The predicted octanol–water partition coefficient (Wildman–Crippen LogP) is 16.8. The van der Waals surface area contributed by atoms with Crippen LogP contribution in [-0.2, 0) is 42.8 Å². The molecule has 11 heteroatoms. The smallest absolute Gasteiger partial charge is 0.320 e. The summed E-state index contributed by atoms with van der Waals surface area (Å²) in [5, 5.41) is 10.4.